The molecule has 0 aromatic heterocycles. The van der Waals surface area contributed by atoms with Crippen LogP contribution in [0.2, 0.25) is 0 Å². The minimum atomic E-state index is -4.78. The summed E-state index contributed by atoms with van der Waals surface area (Å²) >= 11 is 0. The van der Waals surface area contributed by atoms with Gasteiger partial charge in [-0.15, -0.1) is 0 Å². The molecule has 1 aliphatic rings. The maximum atomic E-state index is 12.4. The monoisotopic (exact) mass is 394 g/mol. The van der Waals surface area contributed by atoms with Crippen molar-refractivity contribution >= 4 is 21.9 Å². The van der Waals surface area contributed by atoms with E-state index >= 15 is 0 Å². The number of nitrogens with one attached hydrogen (secondary N) is 2. The summed E-state index contributed by atoms with van der Waals surface area (Å²) in [7, 11) is -3.87. The van der Waals surface area contributed by atoms with Gasteiger partial charge in [-0.05, 0) is 37.0 Å². The maximum absolute atomic E-state index is 12.4. The van der Waals surface area contributed by atoms with Crippen LogP contribution in [0.5, 0.6) is 0 Å². The summed E-state index contributed by atoms with van der Waals surface area (Å²) in [6, 6.07) is 2.48. The molecule has 0 bridgehead atoms. The lowest BCUT2D eigenvalue weighted by atomic mass is 10.1. The summed E-state index contributed by atoms with van der Waals surface area (Å²) in [6.45, 7) is 0.269. The molecule has 1 aliphatic carbocycles. The second kappa shape index (κ2) is 7.62. The molecule has 1 aromatic carbocycles. The van der Waals surface area contributed by atoms with Crippen LogP contribution in [0, 0.1) is 5.92 Å². The summed E-state index contributed by atoms with van der Waals surface area (Å²) in [5, 5.41) is 10.6. The third-order valence-electron chi connectivity index (χ3n) is 3.70. The fourth-order valence-electron chi connectivity index (χ4n) is 2.11. The Bertz CT molecular complexity index is 791. The first kappa shape index (κ1) is 20.2. The molecule has 0 aliphatic heterocycles. The third kappa shape index (κ3) is 5.99. The van der Waals surface area contributed by atoms with E-state index in [0.717, 1.165) is 18.9 Å². The summed E-state index contributed by atoms with van der Waals surface area (Å²) in [6.07, 6.45) is -4.66. The van der Waals surface area contributed by atoms with Crippen LogP contribution in [-0.4, -0.2) is 44.2 Å². The van der Waals surface area contributed by atoms with E-state index < -0.39 is 40.5 Å². The lowest BCUT2D eigenvalue weighted by Gasteiger charge is -2.16. The molecule has 1 amide bonds. The standard InChI is InChI=1S/C15H17F3N2O5S/c16-15(17,18)7-12(14(22)23)20-13(21)10-2-1-3-11(6-10)26(24,25)19-8-9-4-5-9/h1-3,6,9,12,19H,4-5,7-8H2,(H,20,21)(H,22,23). The van der Waals surface area contributed by atoms with Crippen molar-refractivity contribution in [1.82, 2.24) is 10.0 Å². The molecule has 144 valence electrons. The third-order valence-corrected chi connectivity index (χ3v) is 5.13. The highest BCUT2D eigenvalue weighted by Crippen LogP contribution is 2.28. The quantitative estimate of drug-likeness (QED) is 0.619. The molecule has 0 heterocycles. The van der Waals surface area contributed by atoms with Gasteiger partial charge in [-0.3, -0.25) is 4.79 Å². The van der Waals surface area contributed by atoms with Crippen molar-refractivity contribution in [1.29, 1.82) is 0 Å². The van der Waals surface area contributed by atoms with Crippen molar-refractivity contribution < 1.29 is 36.3 Å². The Morgan fingerprint density at radius 2 is 1.92 bits per heavy atom. The SMILES string of the molecule is O=C(NC(CC(F)(F)F)C(=O)O)c1cccc(S(=O)(=O)NCC2CC2)c1. The molecule has 0 saturated heterocycles. The number of alkyl halides is 3. The van der Waals surface area contributed by atoms with Gasteiger partial charge in [-0.25, -0.2) is 17.9 Å². The average molecular weight is 394 g/mol. The highest BCUT2D eigenvalue weighted by molar-refractivity contribution is 7.89. The number of carbonyl (C=O) groups is 2. The van der Waals surface area contributed by atoms with Crippen LogP contribution < -0.4 is 10.0 Å². The van der Waals surface area contributed by atoms with Gasteiger partial charge < -0.3 is 10.4 Å². The van der Waals surface area contributed by atoms with Crippen molar-refractivity contribution in [3.05, 3.63) is 29.8 Å². The molecular formula is C15H17F3N2O5S. The number of rotatable bonds is 8. The number of carbonyl (C=O) groups excluding carboxylic acids is 1. The molecule has 1 atom stereocenters. The number of amides is 1. The molecule has 11 heteroatoms. The highest BCUT2D eigenvalue weighted by atomic mass is 32.2. The van der Waals surface area contributed by atoms with Gasteiger partial charge in [0.05, 0.1) is 11.3 Å². The lowest BCUT2D eigenvalue weighted by molar-refractivity contribution is -0.157. The summed E-state index contributed by atoms with van der Waals surface area (Å²) in [5.41, 5.74) is -0.257. The fourth-order valence-corrected chi connectivity index (χ4v) is 3.27. The van der Waals surface area contributed by atoms with E-state index in [1.807, 2.05) is 0 Å². The second-order valence-corrected chi connectivity index (χ2v) is 7.77. The van der Waals surface area contributed by atoms with Crippen LogP contribution in [0.1, 0.15) is 29.6 Å². The molecule has 1 unspecified atom stereocenters. The number of benzene rings is 1. The zero-order valence-corrected chi connectivity index (χ0v) is 14.2. The number of aliphatic carboxylic acids is 1. The number of halogens is 3. The van der Waals surface area contributed by atoms with Gasteiger partial charge in [-0.2, -0.15) is 13.2 Å². The van der Waals surface area contributed by atoms with Crippen LogP contribution in [0.4, 0.5) is 13.2 Å². The molecule has 1 fully saturated rings. The Morgan fingerprint density at radius 3 is 2.46 bits per heavy atom. The normalized spacial score (nSPS) is 16.1. The smallest absolute Gasteiger partial charge is 0.391 e. The predicted octanol–water partition coefficient (Wildman–Crippen LogP) is 1.51. The van der Waals surface area contributed by atoms with Gasteiger partial charge in [0.1, 0.15) is 6.04 Å². The largest absolute Gasteiger partial charge is 0.480 e. The van der Waals surface area contributed by atoms with E-state index in [2.05, 4.69) is 4.72 Å². The van der Waals surface area contributed by atoms with Crippen molar-refractivity contribution in [3.63, 3.8) is 0 Å². The Labute approximate surface area is 147 Å². The molecule has 2 rings (SSSR count). The summed E-state index contributed by atoms with van der Waals surface area (Å²) in [4.78, 5) is 22.7. The average Bonchev–Trinajstić information content (AvgIpc) is 3.35. The Kier molecular flexibility index (Phi) is 5.91. The van der Waals surface area contributed by atoms with E-state index in [9.17, 15) is 31.2 Å². The van der Waals surface area contributed by atoms with Gasteiger partial charge in [0, 0.05) is 12.1 Å². The number of sulfonamides is 1. The van der Waals surface area contributed by atoms with Gasteiger partial charge in [0.25, 0.3) is 5.91 Å². The first-order valence-corrected chi connectivity index (χ1v) is 9.16. The molecule has 3 N–H and O–H groups in total. The van der Waals surface area contributed by atoms with E-state index in [1.54, 1.807) is 5.32 Å². The Hall–Kier alpha value is -2.14. The lowest BCUT2D eigenvalue weighted by Crippen LogP contribution is -2.43. The Morgan fingerprint density at radius 1 is 1.27 bits per heavy atom. The minimum Gasteiger partial charge on any atom is -0.480 e. The van der Waals surface area contributed by atoms with Crippen molar-refractivity contribution in [3.8, 4) is 0 Å². The van der Waals surface area contributed by atoms with Gasteiger partial charge in [0.15, 0.2) is 0 Å². The van der Waals surface area contributed by atoms with Crippen LogP contribution in [-0.2, 0) is 14.8 Å². The van der Waals surface area contributed by atoms with E-state index in [4.69, 9.17) is 5.11 Å². The topological polar surface area (TPSA) is 113 Å². The number of hydrogen-bond donors (Lipinski definition) is 3. The first-order chi connectivity index (χ1) is 12.0. The molecule has 1 aromatic rings. The molecule has 26 heavy (non-hydrogen) atoms. The molecule has 0 radical (unpaired) electrons. The second-order valence-electron chi connectivity index (χ2n) is 6.01. The highest BCUT2D eigenvalue weighted by Gasteiger charge is 2.36. The fraction of sp³-hybridized carbons (Fsp3) is 0.467. The van der Waals surface area contributed by atoms with Crippen LogP contribution >= 0.6 is 0 Å². The predicted molar refractivity (Wildman–Crippen MR) is 83.9 cm³/mol. The van der Waals surface area contributed by atoms with Crippen molar-refractivity contribution in [2.45, 2.75) is 36.4 Å². The van der Waals surface area contributed by atoms with E-state index in [1.165, 1.54) is 18.2 Å². The van der Waals surface area contributed by atoms with Crippen LogP contribution in [0.15, 0.2) is 29.2 Å². The Balaban J connectivity index is 2.12. The minimum absolute atomic E-state index is 0.228. The van der Waals surface area contributed by atoms with Crippen molar-refractivity contribution in [2.75, 3.05) is 6.54 Å². The maximum Gasteiger partial charge on any atom is 0.391 e. The van der Waals surface area contributed by atoms with Crippen molar-refractivity contribution in [2.24, 2.45) is 5.92 Å². The van der Waals surface area contributed by atoms with E-state index in [-0.39, 0.29) is 22.9 Å². The molecule has 7 nitrogen and oxygen atoms in total. The van der Waals surface area contributed by atoms with E-state index in [0.29, 0.717) is 0 Å². The number of carboxylic acid groups (broad SMARTS) is 1. The number of carboxylic acids is 1. The zero-order valence-electron chi connectivity index (χ0n) is 13.4. The number of hydrogen-bond acceptors (Lipinski definition) is 4. The van der Waals surface area contributed by atoms with Crippen LogP contribution in [0.25, 0.3) is 0 Å². The van der Waals surface area contributed by atoms with Gasteiger partial charge in [-0.1, -0.05) is 6.07 Å². The van der Waals surface area contributed by atoms with Gasteiger partial charge in [0.2, 0.25) is 10.0 Å². The first-order valence-electron chi connectivity index (χ1n) is 7.68. The summed E-state index contributed by atoms with van der Waals surface area (Å²) < 4.78 is 63.9. The molecule has 1 saturated carbocycles. The van der Waals surface area contributed by atoms with Gasteiger partial charge >= 0.3 is 12.1 Å². The summed E-state index contributed by atoms with van der Waals surface area (Å²) in [5.74, 6) is -2.67. The molecule has 0 spiro atoms. The van der Waals surface area contributed by atoms with Crippen LogP contribution in [0.3, 0.4) is 0 Å². The molecular weight excluding hydrogens is 377 g/mol. The zero-order chi connectivity index (χ0) is 19.5.